The van der Waals surface area contributed by atoms with Crippen LogP contribution in [-0.4, -0.2) is 25.3 Å². The van der Waals surface area contributed by atoms with Crippen molar-refractivity contribution in [3.8, 4) is 0 Å². The first-order valence-electron chi connectivity index (χ1n) is 6.45. The highest BCUT2D eigenvalue weighted by Gasteiger charge is 2.41. The second kappa shape index (κ2) is 5.02. The van der Waals surface area contributed by atoms with E-state index in [-0.39, 0.29) is 6.04 Å². The van der Waals surface area contributed by atoms with Gasteiger partial charge >= 0.3 is 0 Å². The fraction of sp³-hybridized carbons (Fsp3) is 0.538. The Labute approximate surface area is 127 Å². The number of sulfonamides is 1. The highest BCUT2D eigenvalue weighted by molar-refractivity contribution is 9.10. The van der Waals surface area contributed by atoms with E-state index in [9.17, 15) is 8.42 Å². The molecule has 0 radical (unpaired) electrons. The van der Waals surface area contributed by atoms with Crippen LogP contribution in [0.4, 0.5) is 0 Å². The molecule has 1 aromatic carbocycles. The monoisotopic (exact) mass is 363 g/mol. The number of hydrogen-bond acceptors (Lipinski definition) is 2. The lowest BCUT2D eigenvalue weighted by Gasteiger charge is -2.22. The van der Waals surface area contributed by atoms with E-state index in [1.807, 2.05) is 0 Å². The van der Waals surface area contributed by atoms with Gasteiger partial charge in [0.2, 0.25) is 10.0 Å². The van der Waals surface area contributed by atoms with Gasteiger partial charge in [0.15, 0.2) is 0 Å². The maximum atomic E-state index is 12.7. The van der Waals surface area contributed by atoms with Crippen LogP contribution < -0.4 is 0 Å². The third kappa shape index (κ3) is 2.99. The minimum Gasteiger partial charge on any atom is -0.207 e. The summed E-state index contributed by atoms with van der Waals surface area (Å²) in [5, 5.41) is 0.527. The van der Waals surface area contributed by atoms with Gasteiger partial charge in [-0.05, 0) is 65.7 Å². The summed E-state index contributed by atoms with van der Waals surface area (Å²) >= 11 is 9.21. The average Bonchev–Trinajstić information content (AvgIpc) is 3.23. The van der Waals surface area contributed by atoms with Crippen molar-refractivity contribution in [2.75, 3.05) is 6.54 Å². The van der Waals surface area contributed by atoms with Crippen molar-refractivity contribution in [2.24, 2.45) is 5.92 Å². The highest BCUT2D eigenvalue weighted by atomic mass is 79.9. The SMILES string of the molecule is O=S(=O)(c1ccc(Cl)c(Br)c1)N(CC1CC1)C1CC1. The van der Waals surface area contributed by atoms with Crippen LogP contribution in [0.1, 0.15) is 25.7 Å². The Morgan fingerprint density at radius 2 is 1.95 bits per heavy atom. The van der Waals surface area contributed by atoms with Crippen molar-refractivity contribution in [1.82, 2.24) is 4.31 Å². The molecular weight excluding hydrogens is 350 g/mol. The van der Waals surface area contributed by atoms with E-state index in [1.165, 1.54) is 0 Å². The Morgan fingerprint density at radius 1 is 1.26 bits per heavy atom. The van der Waals surface area contributed by atoms with Gasteiger partial charge in [-0.1, -0.05) is 11.6 Å². The first-order valence-corrected chi connectivity index (χ1v) is 9.06. The second-order valence-corrected chi connectivity index (χ2v) is 8.48. The summed E-state index contributed by atoms with van der Waals surface area (Å²) in [6, 6.07) is 5.02. The molecule has 0 spiro atoms. The van der Waals surface area contributed by atoms with Crippen LogP contribution in [0.5, 0.6) is 0 Å². The first-order chi connectivity index (χ1) is 8.98. The van der Waals surface area contributed by atoms with Gasteiger partial charge in [0.05, 0.1) is 9.92 Å². The smallest absolute Gasteiger partial charge is 0.207 e. The van der Waals surface area contributed by atoms with E-state index in [4.69, 9.17) is 11.6 Å². The summed E-state index contributed by atoms with van der Waals surface area (Å²) in [4.78, 5) is 0.330. The van der Waals surface area contributed by atoms with E-state index in [2.05, 4.69) is 15.9 Å². The van der Waals surface area contributed by atoms with E-state index >= 15 is 0 Å². The number of hydrogen-bond donors (Lipinski definition) is 0. The molecule has 6 heteroatoms. The van der Waals surface area contributed by atoms with Gasteiger partial charge < -0.3 is 0 Å². The van der Waals surface area contributed by atoms with Gasteiger partial charge in [-0.15, -0.1) is 0 Å². The predicted molar refractivity (Wildman–Crippen MR) is 78.8 cm³/mol. The lowest BCUT2D eigenvalue weighted by molar-refractivity contribution is 0.389. The second-order valence-electron chi connectivity index (χ2n) is 5.33. The molecular formula is C13H15BrClNO2S. The summed E-state index contributed by atoms with van der Waals surface area (Å²) in [5.74, 6) is 0.561. The maximum absolute atomic E-state index is 12.7. The van der Waals surface area contributed by atoms with Gasteiger partial charge in [-0.3, -0.25) is 0 Å². The number of benzene rings is 1. The Bertz CT molecular complexity index is 597. The zero-order chi connectivity index (χ0) is 13.6. The quantitative estimate of drug-likeness (QED) is 0.799. The molecule has 2 aliphatic rings. The van der Waals surface area contributed by atoms with Crippen molar-refractivity contribution in [1.29, 1.82) is 0 Å². The van der Waals surface area contributed by atoms with Crippen molar-refractivity contribution in [3.63, 3.8) is 0 Å². The molecule has 19 heavy (non-hydrogen) atoms. The molecule has 0 N–H and O–H groups in total. The minimum absolute atomic E-state index is 0.208. The number of rotatable bonds is 5. The van der Waals surface area contributed by atoms with Crippen LogP contribution >= 0.6 is 27.5 Å². The van der Waals surface area contributed by atoms with Crippen LogP contribution in [0, 0.1) is 5.92 Å². The molecule has 2 fully saturated rings. The van der Waals surface area contributed by atoms with Gasteiger partial charge in [0.1, 0.15) is 0 Å². The standard InChI is InChI=1S/C13H15BrClNO2S/c14-12-7-11(5-6-13(12)15)19(17,18)16(10-3-4-10)8-9-1-2-9/h5-7,9-10H,1-4,8H2. The molecule has 3 nitrogen and oxygen atoms in total. The van der Waals surface area contributed by atoms with E-state index in [0.29, 0.717) is 26.9 Å². The lowest BCUT2D eigenvalue weighted by atomic mass is 10.4. The van der Waals surface area contributed by atoms with Crippen LogP contribution in [0.15, 0.2) is 27.6 Å². The van der Waals surface area contributed by atoms with Crippen LogP contribution in [0.2, 0.25) is 5.02 Å². The Kier molecular flexibility index (Phi) is 3.67. The average molecular weight is 365 g/mol. The predicted octanol–water partition coefficient (Wildman–Crippen LogP) is 3.67. The Balaban J connectivity index is 1.92. The third-order valence-corrected chi connectivity index (χ3v) is 6.72. The number of halogens is 2. The summed E-state index contributed by atoms with van der Waals surface area (Å²) in [7, 11) is -3.39. The van der Waals surface area contributed by atoms with Gasteiger partial charge in [-0.25, -0.2) is 8.42 Å². The molecule has 0 heterocycles. The Hall–Kier alpha value is -0.100. The highest BCUT2D eigenvalue weighted by Crippen LogP contribution is 2.38. The van der Waals surface area contributed by atoms with Gasteiger partial charge in [0.25, 0.3) is 0 Å². The molecule has 0 unspecified atom stereocenters. The zero-order valence-corrected chi connectivity index (χ0v) is 13.5. The van der Waals surface area contributed by atoms with E-state index < -0.39 is 10.0 Å². The van der Waals surface area contributed by atoms with Crippen LogP contribution in [0.25, 0.3) is 0 Å². The Morgan fingerprint density at radius 3 is 2.47 bits per heavy atom. The van der Waals surface area contributed by atoms with Crippen molar-refractivity contribution in [2.45, 2.75) is 36.6 Å². The zero-order valence-electron chi connectivity index (χ0n) is 10.4. The minimum atomic E-state index is -3.39. The van der Waals surface area contributed by atoms with Crippen LogP contribution in [-0.2, 0) is 10.0 Å². The molecule has 0 amide bonds. The van der Waals surface area contributed by atoms with Crippen molar-refractivity contribution < 1.29 is 8.42 Å². The fourth-order valence-corrected chi connectivity index (χ4v) is 4.57. The van der Waals surface area contributed by atoms with Crippen LogP contribution in [0.3, 0.4) is 0 Å². The molecule has 2 saturated carbocycles. The normalized spacial score (nSPS) is 19.9. The van der Waals surface area contributed by atoms with E-state index in [0.717, 1.165) is 25.7 Å². The first kappa shape index (κ1) is 13.9. The summed E-state index contributed by atoms with van der Waals surface area (Å²) in [6.45, 7) is 0.674. The van der Waals surface area contributed by atoms with Crippen molar-refractivity contribution >= 4 is 37.6 Å². The maximum Gasteiger partial charge on any atom is 0.243 e. The fourth-order valence-electron chi connectivity index (χ4n) is 2.13. The van der Waals surface area contributed by atoms with Gasteiger partial charge in [0, 0.05) is 17.1 Å². The molecule has 0 aliphatic heterocycles. The summed E-state index contributed by atoms with van der Waals surface area (Å²) in [5.41, 5.74) is 0. The number of nitrogens with zero attached hydrogens (tertiary/aromatic N) is 1. The van der Waals surface area contributed by atoms with E-state index in [1.54, 1.807) is 22.5 Å². The molecule has 0 bridgehead atoms. The topological polar surface area (TPSA) is 37.4 Å². The van der Waals surface area contributed by atoms with Crippen molar-refractivity contribution in [3.05, 3.63) is 27.7 Å². The molecule has 104 valence electrons. The van der Waals surface area contributed by atoms with Gasteiger partial charge in [-0.2, -0.15) is 4.31 Å². The third-order valence-electron chi connectivity index (χ3n) is 3.59. The molecule has 2 aliphatic carbocycles. The summed E-state index contributed by atoms with van der Waals surface area (Å²) < 4.78 is 27.7. The summed E-state index contributed by atoms with van der Waals surface area (Å²) in [6.07, 6.45) is 4.29. The molecule has 0 atom stereocenters. The largest absolute Gasteiger partial charge is 0.243 e. The molecule has 0 aromatic heterocycles. The lowest BCUT2D eigenvalue weighted by Crippen LogP contribution is -2.34. The molecule has 1 aromatic rings. The molecule has 3 rings (SSSR count). The molecule has 0 saturated heterocycles.